The van der Waals surface area contributed by atoms with Gasteiger partial charge in [-0.3, -0.25) is 4.90 Å². The van der Waals surface area contributed by atoms with Gasteiger partial charge in [0.25, 0.3) is 0 Å². The highest BCUT2D eigenvalue weighted by Crippen LogP contribution is 1.88. The van der Waals surface area contributed by atoms with E-state index >= 15 is 0 Å². The molecular weight excluding hydrogens is 224 g/mol. The molecule has 44 valence electrons. The molecule has 0 heterocycles. The zero-order chi connectivity index (χ0) is 5.70. The molecule has 1 nitrogen and oxygen atoms in total. The summed E-state index contributed by atoms with van der Waals surface area (Å²) in [5, 5.41) is 0. The second-order valence-corrected chi connectivity index (χ2v) is 2.45. The second kappa shape index (κ2) is 5.12. The van der Waals surface area contributed by atoms with Gasteiger partial charge >= 0.3 is 0 Å². The lowest BCUT2D eigenvalue weighted by Gasteiger charge is -2.08. The molecule has 0 aromatic rings. The molecule has 0 saturated heterocycles. The number of rotatable bonds is 3. The van der Waals surface area contributed by atoms with Gasteiger partial charge in [0, 0.05) is 12.4 Å². The quantitative estimate of drug-likeness (QED) is 0.406. The Morgan fingerprint density at radius 1 is 1.71 bits per heavy atom. The van der Waals surface area contributed by atoms with Gasteiger partial charge in [0.15, 0.2) is 0 Å². The SMILES string of the molecule is CN(CI)CCCl. The fourth-order valence-electron chi connectivity index (χ4n) is 0.204. The lowest BCUT2D eigenvalue weighted by Crippen LogP contribution is -2.17. The Morgan fingerprint density at radius 2 is 2.29 bits per heavy atom. The van der Waals surface area contributed by atoms with Crippen molar-refractivity contribution in [3.05, 3.63) is 0 Å². The number of halogens is 2. The summed E-state index contributed by atoms with van der Waals surface area (Å²) in [6, 6.07) is 0. The summed E-state index contributed by atoms with van der Waals surface area (Å²) in [5.74, 6) is 0.736. The molecule has 0 fully saturated rings. The van der Waals surface area contributed by atoms with Crippen molar-refractivity contribution in [2.75, 3.05) is 24.0 Å². The predicted molar refractivity (Wildman–Crippen MR) is 42.2 cm³/mol. The van der Waals surface area contributed by atoms with Gasteiger partial charge in [-0.15, -0.1) is 11.6 Å². The van der Waals surface area contributed by atoms with E-state index in [2.05, 4.69) is 34.5 Å². The van der Waals surface area contributed by atoms with Crippen LogP contribution in [-0.4, -0.2) is 28.9 Å². The molecular formula is C4H9ClIN. The molecule has 0 bridgehead atoms. The smallest absolute Gasteiger partial charge is 0.0503 e. The molecule has 0 aliphatic heterocycles. The van der Waals surface area contributed by atoms with Gasteiger partial charge in [-0.2, -0.15) is 0 Å². The summed E-state index contributed by atoms with van der Waals surface area (Å²) in [6.07, 6.45) is 0. The van der Waals surface area contributed by atoms with Gasteiger partial charge in [-0.1, -0.05) is 22.6 Å². The van der Waals surface area contributed by atoms with E-state index in [9.17, 15) is 0 Å². The molecule has 0 radical (unpaired) electrons. The topological polar surface area (TPSA) is 3.24 Å². The molecule has 0 spiro atoms. The Morgan fingerprint density at radius 3 is 2.43 bits per heavy atom. The lowest BCUT2D eigenvalue weighted by molar-refractivity contribution is 0.428. The molecule has 0 atom stereocenters. The van der Waals surface area contributed by atoms with Crippen LogP contribution in [0.15, 0.2) is 0 Å². The zero-order valence-electron chi connectivity index (χ0n) is 4.32. The largest absolute Gasteiger partial charge is 0.296 e. The van der Waals surface area contributed by atoms with Crippen LogP contribution in [0.3, 0.4) is 0 Å². The molecule has 0 saturated carbocycles. The Labute approximate surface area is 63.2 Å². The van der Waals surface area contributed by atoms with E-state index in [1.165, 1.54) is 0 Å². The third-order valence-electron chi connectivity index (χ3n) is 0.670. The summed E-state index contributed by atoms with van der Waals surface area (Å²) >= 11 is 7.73. The third-order valence-corrected chi connectivity index (χ3v) is 2.00. The highest BCUT2D eigenvalue weighted by atomic mass is 127. The molecule has 7 heavy (non-hydrogen) atoms. The van der Waals surface area contributed by atoms with Crippen molar-refractivity contribution in [2.24, 2.45) is 0 Å². The van der Waals surface area contributed by atoms with Crippen LogP contribution in [0.2, 0.25) is 0 Å². The Balaban J connectivity index is 2.83. The predicted octanol–water partition coefficient (Wildman–Crippen LogP) is 1.55. The molecule has 0 unspecified atom stereocenters. The Kier molecular flexibility index (Phi) is 5.84. The first-order chi connectivity index (χ1) is 3.31. The van der Waals surface area contributed by atoms with Gasteiger partial charge in [0.05, 0.1) is 4.55 Å². The molecule has 0 amide bonds. The van der Waals surface area contributed by atoms with Crippen LogP contribution in [-0.2, 0) is 0 Å². The lowest BCUT2D eigenvalue weighted by atomic mass is 10.7. The molecule has 0 N–H and O–H groups in total. The Hall–Kier alpha value is 0.980. The minimum atomic E-state index is 0.736. The summed E-state index contributed by atoms with van der Waals surface area (Å²) in [4.78, 5) is 2.16. The maximum Gasteiger partial charge on any atom is 0.0503 e. The minimum absolute atomic E-state index is 0.736. The van der Waals surface area contributed by atoms with E-state index in [1.54, 1.807) is 0 Å². The van der Waals surface area contributed by atoms with Crippen LogP contribution in [0.25, 0.3) is 0 Å². The summed E-state index contributed by atoms with van der Waals surface area (Å²) in [6.45, 7) is 0.991. The van der Waals surface area contributed by atoms with Crippen molar-refractivity contribution in [2.45, 2.75) is 0 Å². The normalized spacial score (nSPS) is 10.3. The van der Waals surface area contributed by atoms with Crippen LogP contribution in [0.5, 0.6) is 0 Å². The Bertz CT molecular complexity index is 42.7. The van der Waals surface area contributed by atoms with E-state index in [4.69, 9.17) is 11.6 Å². The van der Waals surface area contributed by atoms with Crippen molar-refractivity contribution in [1.82, 2.24) is 4.90 Å². The third kappa shape index (κ3) is 4.84. The first-order valence-electron chi connectivity index (χ1n) is 2.11. The maximum atomic E-state index is 5.43. The summed E-state index contributed by atoms with van der Waals surface area (Å²) in [7, 11) is 2.05. The maximum absolute atomic E-state index is 5.43. The molecule has 0 aromatic carbocycles. The van der Waals surface area contributed by atoms with E-state index < -0.39 is 0 Å². The van der Waals surface area contributed by atoms with Crippen molar-refractivity contribution in [3.63, 3.8) is 0 Å². The fourth-order valence-corrected chi connectivity index (χ4v) is 0.834. The van der Waals surface area contributed by atoms with Crippen molar-refractivity contribution < 1.29 is 0 Å². The standard InChI is InChI=1S/C4H9ClIN/c1-7(4-6)3-2-5/h2-4H2,1H3. The highest BCUT2D eigenvalue weighted by molar-refractivity contribution is 14.1. The van der Waals surface area contributed by atoms with Gasteiger partial charge in [-0.25, -0.2) is 0 Å². The first kappa shape index (κ1) is 7.98. The monoisotopic (exact) mass is 233 g/mol. The second-order valence-electron chi connectivity index (χ2n) is 1.39. The van der Waals surface area contributed by atoms with E-state index in [-0.39, 0.29) is 0 Å². The molecule has 0 rings (SSSR count). The van der Waals surface area contributed by atoms with Crippen molar-refractivity contribution in [1.29, 1.82) is 0 Å². The van der Waals surface area contributed by atoms with Crippen molar-refractivity contribution in [3.8, 4) is 0 Å². The summed E-state index contributed by atoms with van der Waals surface area (Å²) < 4.78 is 1.06. The molecule has 0 aromatic heterocycles. The van der Waals surface area contributed by atoms with E-state index in [1.807, 2.05) is 0 Å². The van der Waals surface area contributed by atoms with Crippen LogP contribution >= 0.6 is 34.2 Å². The highest BCUT2D eigenvalue weighted by Gasteiger charge is 1.88. The summed E-state index contributed by atoms with van der Waals surface area (Å²) in [5.41, 5.74) is 0. The van der Waals surface area contributed by atoms with Gasteiger partial charge in [0.2, 0.25) is 0 Å². The van der Waals surface area contributed by atoms with Crippen LogP contribution in [0.1, 0.15) is 0 Å². The van der Waals surface area contributed by atoms with Crippen LogP contribution < -0.4 is 0 Å². The van der Waals surface area contributed by atoms with E-state index in [0.717, 1.165) is 17.0 Å². The fraction of sp³-hybridized carbons (Fsp3) is 1.00. The minimum Gasteiger partial charge on any atom is -0.296 e. The van der Waals surface area contributed by atoms with Crippen molar-refractivity contribution >= 4 is 34.2 Å². The van der Waals surface area contributed by atoms with Gasteiger partial charge in [-0.05, 0) is 7.05 Å². The first-order valence-corrected chi connectivity index (χ1v) is 4.17. The number of alkyl halides is 2. The average molecular weight is 233 g/mol. The van der Waals surface area contributed by atoms with Crippen LogP contribution in [0.4, 0.5) is 0 Å². The average Bonchev–Trinajstić information content (AvgIpc) is 1.68. The number of hydrogen-bond donors (Lipinski definition) is 0. The zero-order valence-corrected chi connectivity index (χ0v) is 7.24. The number of hydrogen-bond acceptors (Lipinski definition) is 1. The molecule has 3 heteroatoms. The molecule has 0 aliphatic rings. The van der Waals surface area contributed by atoms with Gasteiger partial charge < -0.3 is 0 Å². The van der Waals surface area contributed by atoms with E-state index in [0.29, 0.717) is 0 Å². The van der Waals surface area contributed by atoms with Gasteiger partial charge in [0.1, 0.15) is 0 Å². The number of nitrogens with zero attached hydrogens (tertiary/aromatic N) is 1. The van der Waals surface area contributed by atoms with Crippen LogP contribution in [0, 0.1) is 0 Å². The molecule has 0 aliphatic carbocycles.